The summed E-state index contributed by atoms with van der Waals surface area (Å²) in [6, 6.07) is 27.2. The predicted molar refractivity (Wildman–Crippen MR) is 116 cm³/mol. The fraction of sp³-hybridized carbons (Fsp3) is 0.120. The van der Waals surface area contributed by atoms with Crippen LogP contribution in [-0.4, -0.2) is 9.13 Å². The zero-order chi connectivity index (χ0) is 20.2. The standard InChI is InChI=1S/C25H22N2O2/c1-19-12-14-22(15-13-19)23-18-26(16-20-8-4-2-5-9-20)25(29)27(24(23)28)17-21-10-6-3-7-11-21/h2-15,18H,16-17H2,1H3. The van der Waals surface area contributed by atoms with Crippen molar-refractivity contribution >= 4 is 0 Å². The van der Waals surface area contributed by atoms with Crippen LogP contribution in [0.25, 0.3) is 11.1 Å². The monoisotopic (exact) mass is 382 g/mol. The molecular weight excluding hydrogens is 360 g/mol. The Morgan fingerprint density at radius 2 is 1.24 bits per heavy atom. The number of nitrogens with zero attached hydrogens (tertiary/aromatic N) is 2. The Bertz CT molecular complexity index is 1220. The molecule has 3 aromatic carbocycles. The van der Waals surface area contributed by atoms with Crippen molar-refractivity contribution in [3.8, 4) is 11.1 Å². The molecule has 1 aromatic heterocycles. The third-order valence-corrected chi connectivity index (χ3v) is 4.98. The van der Waals surface area contributed by atoms with Crippen LogP contribution in [0.5, 0.6) is 0 Å². The SMILES string of the molecule is Cc1ccc(-c2cn(Cc3ccccc3)c(=O)n(Cc3ccccc3)c2=O)cc1. The first-order valence-corrected chi connectivity index (χ1v) is 9.61. The van der Waals surface area contributed by atoms with Gasteiger partial charge in [-0.15, -0.1) is 0 Å². The Morgan fingerprint density at radius 3 is 1.83 bits per heavy atom. The molecule has 0 spiro atoms. The fourth-order valence-corrected chi connectivity index (χ4v) is 3.38. The van der Waals surface area contributed by atoms with Crippen molar-refractivity contribution in [2.45, 2.75) is 20.0 Å². The van der Waals surface area contributed by atoms with Crippen LogP contribution in [0.15, 0.2) is 101 Å². The van der Waals surface area contributed by atoms with E-state index in [0.717, 1.165) is 22.3 Å². The first kappa shape index (κ1) is 18.7. The predicted octanol–water partition coefficient (Wildman–Crippen LogP) is 4.08. The summed E-state index contributed by atoms with van der Waals surface area (Å²) in [6.45, 7) is 2.66. The van der Waals surface area contributed by atoms with Crippen molar-refractivity contribution < 1.29 is 0 Å². The van der Waals surface area contributed by atoms with Gasteiger partial charge in [-0.05, 0) is 23.6 Å². The van der Waals surface area contributed by atoms with Gasteiger partial charge < -0.3 is 0 Å². The minimum absolute atomic E-state index is 0.243. The molecule has 0 atom stereocenters. The van der Waals surface area contributed by atoms with Gasteiger partial charge in [0.1, 0.15) is 0 Å². The molecule has 0 aliphatic heterocycles. The molecule has 1 heterocycles. The van der Waals surface area contributed by atoms with Crippen LogP contribution in [0.1, 0.15) is 16.7 Å². The van der Waals surface area contributed by atoms with Crippen molar-refractivity contribution in [1.82, 2.24) is 9.13 Å². The maximum absolute atomic E-state index is 13.2. The average Bonchev–Trinajstić information content (AvgIpc) is 2.75. The number of rotatable bonds is 5. The first-order valence-electron chi connectivity index (χ1n) is 9.61. The molecule has 4 nitrogen and oxygen atoms in total. The number of aromatic nitrogens is 2. The van der Waals surface area contributed by atoms with Crippen molar-refractivity contribution in [3.63, 3.8) is 0 Å². The van der Waals surface area contributed by atoms with Crippen LogP contribution in [0.2, 0.25) is 0 Å². The van der Waals surface area contributed by atoms with Crippen molar-refractivity contribution in [1.29, 1.82) is 0 Å². The van der Waals surface area contributed by atoms with Gasteiger partial charge in [0.2, 0.25) is 0 Å². The summed E-state index contributed by atoms with van der Waals surface area (Å²) >= 11 is 0. The lowest BCUT2D eigenvalue weighted by atomic mass is 10.1. The Hall–Kier alpha value is -3.66. The smallest absolute Gasteiger partial charge is 0.295 e. The van der Waals surface area contributed by atoms with E-state index in [1.807, 2.05) is 91.9 Å². The fourth-order valence-electron chi connectivity index (χ4n) is 3.38. The van der Waals surface area contributed by atoms with Crippen molar-refractivity contribution in [2.75, 3.05) is 0 Å². The summed E-state index contributed by atoms with van der Waals surface area (Å²) in [5.41, 5.74) is 3.80. The molecule has 0 amide bonds. The minimum Gasteiger partial charge on any atom is -0.295 e. The van der Waals surface area contributed by atoms with Crippen LogP contribution >= 0.6 is 0 Å². The van der Waals surface area contributed by atoms with Gasteiger partial charge in [0.05, 0.1) is 18.7 Å². The highest BCUT2D eigenvalue weighted by Crippen LogP contribution is 2.16. The summed E-state index contributed by atoms with van der Waals surface area (Å²) < 4.78 is 2.95. The number of hydrogen-bond donors (Lipinski definition) is 0. The van der Waals surface area contributed by atoms with Crippen LogP contribution < -0.4 is 11.2 Å². The summed E-state index contributed by atoms with van der Waals surface area (Å²) in [5, 5.41) is 0. The molecule has 0 bridgehead atoms. The highest BCUT2D eigenvalue weighted by atomic mass is 16.2. The van der Waals surface area contributed by atoms with E-state index in [4.69, 9.17) is 0 Å². The lowest BCUT2D eigenvalue weighted by Gasteiger charge is -2.14. The second kappa shape index (κ2) is 8.15. The van der Waals surface area contributed by atoms with Gasteiger partial charge in [-0.25, -0.2) is 4.79 Å². The molecular formula is C25H22N2O2. The van der Waals surface area contributed by atoms with E-state index >= 15 is 0 Å². The molecule has 4 rings (SSSR count). The maximum Gasteiger partial charge on any atom is 0.331 e. The van der Waals surface area contributed by atoms with E-state index in [9.17, 15) is 9.59 Å². The average molecular weight is 382 g/mol. The van der Waals surface area contributed by atoms with Crippen LogP contribution in [-0.2, 0) is 13.1 Å². The number of aryl methyl sites for hydroxylation is 1. The van der Waals surface area contributed by atoms with Gasteiger partial charge in [0.15, 0.2) is 0 Å². The highest BCUT2D eigenvalue weighted by Gasteiger charge is 2.14. The Morgan fingerprint density at radius 1 is 0.690 bits per heavy atom. The van der Waals surface area contributed by atoms with E-state index in [1.165, 1.54) is 4.57 Å². The zero-order valence-electron chi connectivity index (χ0n) is 16.3. The molecule has 29 heavy (non-hydrogen) atoms. The lowest BCUT2D eigenvalue weighted by molar-refractivity contribution is 0.614. The number of benzene rings is 3. The summed E-state index contributed by atoms with van der Waals surface area (Å²) in [4.78, 5) is 26.4. The normalized spacial score (nSPS) is 10.8. The van der Waals surface area contributed by atoms with Crippen molar-refractivity contribution in [3.05, 3.63) is 129 Å². The molecule has 144 valence electrons. The highest BCUT2D eigenvalue weighted by molar-refractivity contribution is 5.61. The third kappa shape index (κ3) is 4.11. The topological polar surface area (TPSA) is 44.0 Å². The zero-order valence-corrected chi connectivity index (χ0v) is 16.3. The van der Waals surface area contributed by atoms with Gasteiger partial charge in [0, 0.05) is 6.20 Å². The van der Waals surface area contributed by atoms with E-state index in [-0.39, 0.29) is 17.8 Å². The minimum atomic E-state index is -0.307. The molecule has 0 unspecified atom stereocenters. The van der Waals surface area contributed by atoms with Crippen LogP contribution in [0.4, 0.5) is 0 Å². The summed E-state index contributed by atoms with van der Waals surface area (Å²) in [5.74, 6) is 0. The van der Waals surface area contributed by atoms with E-state index < -0.39 is 0 Å². The molecule has 0 N–H and O–H groups in total. The van der Waals surface area contributed by atoms with Gasteiger partial charge in [-0.1, -0.05) is 90.5 Å². The van der Waals surface area contributed by atoms with E-state index in [0.29, 0.717) is 12.1 Å². The molecule has 4 aromatic rings. The van der Waals surface area contributed by atoms with E-state index in [2.05, 4.69) is 0 Å². The Balaban J connectivity index is 1.87. The van der Waals surface area contributed by atoms with Gasteiger partial charge in [0.25, 0.3) is 5.56 Å². The molecule has 0 saturated carbocycles. The van der Waals surface area contributed by atoms with Crippen LogP contribution in [0, 0.1) is 6.92 Å². The van der Waals surface area contributed by atoms with Gasteiger partial charge in [-0.3, -0.25) is 13.9 Å². The van der Waals surface area contributed by atoms with Gasteiger partial charge >= 0.3 is 5.69 Å². The second-order valence-corrected chi connectivity index (χ2v) is 7.18. The third-order valence-electron chi connectivity index (χ3n) is 4.98. The summed E-state index contributed by atoms with van der Waals surface area (Å²) in [7, 11) is 0. The van der Waals surface area contributed by atoms with Gasteiger partial charge in [-0.2, -0.15) is 0 Å². The number of hydrogen-bond acceptors (Lipinski definition) is 2. The molecule has 0 fully saturated rings. The van der Waals surface area contributed by atoms with Crippen LogP contribution in [0.3, 0.4) is 0 Å². The largest absolute Gasteiger partial charge is 0.331 e. The lowest BCUT2D eigenvalue weighted by Crippen LogP contribution is -2.40. The van der Waals surface area contributed by atoms with E-state index in [1.54, 1.807) is 10.8 Å². The molecule has 4 heteroatoms. The molecule has 0 aliphatic carbocycles. The molecule has 0 radical (unpaired) electrons. The Labute approximate surface area is 169 Å². The molecule has 0 aliphatic rings. The molecule has 0 saturated heterocycles. The second-order valence-electron chi connectivity index (χ2n) is 7.18. The Kier molecular flexibility index (Phi) is 5.25. The summed E-state index contributed by atoms with van der Waals surface area (Å²) in [6.07, 6.45) is 1.68. The first-order chi connectivity index (χ1) is 14.1. The maximum atomic E-state index is 13.2. The quantitative estimate of drug-likeness (QED) is 0.522. The van der Waals surface area contributed by atoms with Crippen molar-refractivity contribution in [2.24, 2.45) is 0 Å².